The highest BCUT2D eigenvalue weighted by molar-refractivity contribution is 7.78. The van der Waals surface area contributed by atoms with Crippen LogP contribution in [-0.2, 0) is 0 Å². The van der Waals surface area contributed by atoms with E-state index in [1.54, 1.807) is 6.92 Å². The number of thiocarbonyl (C=S) groups is 1. The Bertz CT molecular complexity index is 85.7. The molecule has 0 aliphatic carbocycles. The summed E-state index contributed by atoms with van der Waals surface area (Å²) in [4.78, 5) is 3.49. The van der Waals surface area contributed by atoms with Crippen molar-refractivity contribution in [1.29, 1.82) is 0 Å². The largest absolute Gasteiger partial charge is 0.391 e. The summed E-state index contributed by atoms with van der Waals surface area (Å²) in [6.45, 7) is 2.01. The molecule has 0 heterocycles. The fourth-order valence-electron chi connectivity index (χ4n) is 0.169. The maximum Gasteiger partial charge on any atom is 0.0750 e. The molecule has 0 saturated heterocycles. The number of hydrogen-bond donors (Lipinski definition) is 1. The van der Waals surface area contributed by atoms with E-state index in [0.717, 1.165) is 0 Å². The third kappa shape index (κ3) is 5.76. The first kappa shape index (κ1) is 6.76. The van der Waals surface area contributed by atoms with Crippen molar-refractivity contribution >= 4 is 17.4 Å². The van der Waals surface area contributed by atoms with Gasteiger partial charge in [-0.2, -0.15) is 0 Å². The molecule has 0 saturated carbocycles. The molecule has 1 N–H and O–H groups in total. The number of nitrogens with zero attached hydrogens (tertiary/aromatic N) is 1. The summed E-state index contributed by atoms with van der Waals surface area (Å²) in [5.41, 5.74) is 0. The summed E-state index contributed by atoms with van der Waals surface area (Å²) in [7, 11) is 0. The molecule has 7 heavy (non-hydrogen) atoms. The van der Waals surface area contributed by atoms with Crippen molar-refractivity contribution in [3.63, 3.8) is 0 Å². The quantitative estimate of drug-likeness (QED) is 0.421. The molecule has 0 rings (SSSR count). The van der Waals surface area contributed by atoms with Gasteiger partial charge in [-0.3, -0.25) is 0 Å². The zero-order chi connectivity index (χ0) is 5.70. The van der Waals surface area contributed by atoms with Crippen LogP contribution in [0.2, 0.25) is 0 Å². The Kier molecular flexibility index (Phi) is 3.80. The fourth-order valence-corrected chi connectivity index (χ4v) is 0.244. The van der Waals surface area contributed by atoms with Crippen LogP contribution in [-0.4, -0.2) is 22.9 Å². The molecular weight excluding hydrogens is 110 g/mol. The minimum atomic E-state index is -0.393. The van der Waals surface area contributed by atoms with Gasteiger partial charge in [-0.1, -0.05) is 0 Å². The molecule has 0 bridgehead atoms. The Morgan fingerprint density at radius 3 is 2.71 bits per heavy atom. The summed E-state index contributed by atoms with van der Waals surface area (Å²) in [6.07, 6.45) is -0.393. The number of isothiocyanates is 1. The smallest absolute Gasteiger partial charge is 0.0750 e. The van der Waals surface area contributed by atoms with Crippen molar-refractivity contribution in [2.75, 3.05) is 6.54 Å². The number of rotatable bonds is 2. The molecule has 0 radical (unpaired) electrons. The summed E-state index contributed by atoms with van der Waals surface area (Å²) >= 11 is 4.24. The van der Waals surface area contributed by atoms with E-state index in [0.29, 0.717) is 6.54 Å². The van der Waals surface area contributed by atoms with E-state index >= 15 is 0 Å². The molecule has 0 spiro atoms. The van der Waals surface area contributed by atoms with Crippen LogP contribution < -0.4 is 0 Å². The molecule has 1 unspecified atom stereocenters. The first-order chi connectivity index (χ1) is 3.27. The molecule has 0 aromatic rings. The van der Waals surface area contributed by atoms with E-state index in [9.17, 15) is 0 Å². The maximum absolute atomic E-state index is 8.50. The number of aliphatic hydroxyl groups is 1. The highest BCUT2D eigenvalue weighted by Crippen LogP contribution is 1.76. The van der Waals surface area contributed by atoms with Crippen LogP contribution in [0.15, 0.2) is 4.99 Å². The molecule has 0 aromatic heterocycles. The Hall–Kier alpha value is -0.240. The Labute approximate surface area is 47.9 Å². The molecule has 0 fully saturated rings. The van der Waals surface area contributed by atoms with Gasteiger partial charge in [-0.05, 0) is 19.1 Å². The van der Waals surface area contributed by atoms with Crippen molar-refractivity contribution in [1.82, 2.24) is 0 Å². The summed E-state index contributed by atoms with van der Waals surface area (Å²) < 4.78 is 0. The van der Waals surface area contributed by atoms with Gasteiger partial charge < -0.3 is 5.11 Å². The van der Waals surface area contributed by atoms with E-state index in [1.165, 1.54) is 0 Å². The second-order valence-corrected chi connectivity index (χ2v) is 1.46. The number of hydrogen-bond acceptors (Lipinski definition) is 3. The molecule has 0 amide bonds. The van der Waals surface area contributed by atoms with Gasteiger partial charge in [0.2, 0.25) is 0 Å². The van der Waals surface area contributed by atoms with Crippen LogP contribution >= 0.6 is 12.2 Å². The zero-order valence-electron chi connectivity index (χ0n) is 4.09. The van der Waals surface area contributed by atoms with Crippen molar-refractivity contribution in [2.45, 2.75) is 13.0 Å². The molecule has 0 aliphatic heterocycles. The predicted octanol–water partition coefficient (Wildman–Crippen LogP) is 0.470. The predicted molar refractivity (Wildman–Crippen MR) is 31.6 cm³/mol. The van der Waals surface area contributed by atoms with E-state index in [-0.39, 0.29) is 0 Å². The molecule has 0 aliphatic rings. The van der Waals surface area contributed by atoms with Crippen molar-refractivity contribution < 1.29 is 5.11 Å². The topological polar surface area (TPSA) is 32.6 Å². The lowest BCUT2D eigenvalue weighted by Crippen LogP contribution is -2.02. The highest BCUT2D eigenvalue weighted by Gasteiger charge is 1.86. The lowest BCUT2D eigenvalue weighted by molar-refractivity contribution is 0.204. The van der Waals surface area contributed by atoms with Gasteiger partial charge >= 0.3 is 0 Å². The van der Waals surface area contributed by atoms with E-state index in [2.05, 4.69) is 22.4 Å². The molecule has 40 valence electrons. The number of aliphatic imine (C=N–C) groups is 1. The third-order valence-electron chi connectivity index (χ3n) is 0.420. The van der Waals surface area contributed by atoms with Gasteiger partial charge in [0.25, 0.3) is 0 Å². The van der Waals surface area contributed by atoms with Gasteiger partial charge in [-0.25, -0.2) is 4.99 Å². The summed E-state index contributed by atoms with van der Waals surface area (Å²) in [6, 6.07) is 0. The molecule has 3 heteroatoms. The molecular formula is C4H7NOS. The molecule has 2 nitrogen and oxygen atoms in total. The standard InChI is InChI=1S/C4H7NOS/c1-4(6)2-5-3-7/h4,6H,2H2,1H3. The third-order valence-corrected chi connectivity index (χ3v) is 0.549. The van der Waals surface area contributed by atoms with Crippen molar-refractivity contribution in [3.05, 3.63) is 0 Å². The van der Waals surface area contributed by atoms with Crippen LogP contribution in [0.3, 0.4) is 0 Å². The minimum Gasteiger partial charge on any atom is -0.391 e. The second-order valence-electron chi connectivity index (χ2n) is 1.28. The van der Waals surface area contributed by atoms with Crippen molar-refractivity contribution in [3.8, 4) is 0 Å². The van der Waals surface area contributed by atoms with Crippen LogP contribution in [0.5, 0.6) is 0 Å². The molecule has 1 atom stereocenters. The van der Waals surface area contributed by atoms with Crippen LogP contribution in [0.25, 0.3) is 0 Å². The monoisotopic (exact) mass is 117 g/mol. The van der Waals surface area contributed by atoms with E-state index < -0.39 is 6.10 Å². The van der Waals surface area contributed by atoms with Crippen LogP contribution in [0.1, 0.15) is 6.92 Å². The van der Waals surface area contributed by atoms with Crippen LogP contribution in [0.4, 0.5) is 0 Å². The second kappa shape index (κ2) is 3.93. The minimum absolute atomic E-state index is 0.365. The van der Waals surface area contributed by atoms with E-state index in [4.69, 9.17) is 5.11 Å². The average Bonchev–Trinajstić information content (AvgIpc) is 1.61. The molecule has 0 aromatic carbocycles. The maximum atomic E-state index is 8.50. The summed E-state index contributed by atoms with van der Waals surface area (Å²) in [5.74, 6) is 0. The summed E-state index contributed by atoms with van der Waals surface area (Å²) in [5, 5.41) is 10.7. The SMILES string of the molecule is CC(O)CN=C=S. The highest BCUT2D eigenvalue weighted by atomic mass is 32.1. The average molecular weight is 117 g/mol. The lowest BCUT2D eigenvalue weighted by Gasteiger charge is -1.91. The van der Waals surface area contributed by atoms with Gasteiger partial charge in [0.05, 0.1) is 17.8 Å². The Morgan fingerprint density at radius 1 is 2.00 bits per heavy atom. The first-order valence-corrected chi connectivity index (χ1v) is 2.40. The van der Waals surface area contributed by atoms with Crippen LogP contribution in [0, 0.1) is 0 Å². The normalized spacial score (nSPS) is 12.3. The van der Waals surface area contributed by atoms with Gasteiger partial charge in [0.15, 0.2) is 0 Å². The van der Waals surface area contributed by atoms with Crippen molar-refractivity contribution in [2.24, 2.45) is 4.99 Å². The zero-order valence-corrected chi connectivity index (χ0v) is 4.90. The lowest BCUT2D eigenvalue weighted by atomic mass is 10.4. The first-order valence-electron chi connectivity index (χ1n) is 1.99. The van der Waals surface area contributed by atoms with Gasteiger partial charge in [0.1, 0.15) is 0 Å². The Balaban J connectivity index is 3.13. The van der Waals surface area contributed by atoms with Gasteiger partial charge in [-0.15, -0.1) is 0 Å². The van der Waals surface area contributed by atoms with E-state index in [1.807, 2.05) is 0 Å². The number of aliphatic hydroxyl groups excluding tert-OH is 1. The van der Waals surface area contributed by atoms with Gasteiger partial charge in [0, 0.05) is 0 Å². The fraction of sp³-hybridized carbons (Fsp3) is 0.750. The Morgan fingerprint density at radius 2 is 2.57 bits per heavy atom.